The molecule has 5 rings (SSSR count). The van der Waals surface area contributed by atoms with Crippen LogP contribution in [0.15, 0.2) is 80.4 Å². The van der Waals surface area contributed by atoms with Gasteiger partial charge in [0.15, 0.2) is 5.82 Å². The van der Waals surface area contributed by atoms with Crippen LogP contribution in [-0.2, 0) is 0 Å². The summed E-state index contributed by atoms with van der Waals surface area (Å²) in [6, 6.07) is 8.23. The van der Waals surface area contributed by atoms with Gasteiger partial charge in [0.05, 0.1) is 35.0 Å². The van der Waals surface area contributed by atoms with E-state index in [0.717, 1.165) is 78.1 Å². The second-order valence-corrected chi connectivity index (χ2v) is 11.0. The molecule has 0 bridgehead atoms. The number of hydrogen-bond donors (Lipinski definition) is 3. The highest BCUT2D eigenvalue weighted by molar-refractivity contribution is 7.14. The maximum atomic E-state index is 5.00. The summed E-state index contributed by atoms with van der Waals surface area (Å²) in [6.45, 7) is 16.9. The van der Waals surface area contributed by atoms with Gasteiger partial charge in [-0.1, -0.05) is 31.9 Å². The Morgan fingerprint density at radius 1 is 1.12 bits per heavy atom. The molecule has 0 atom stereocenters. The summed E-state index contributed by atoms with van der Waals surface area (Å²) in [7, 11) is 4.01. The number of aromatic amines is 2. The number of H-pyrrole nitrogens is 2. The van der Waals surface area contributed by atoms with E-state index in [1.165, 1.54) is 0 Å². The molecule has 0 radical (unpaired) electrons. The van der Waals surface area contributed by atoms with Gasteiger partial charge in [0, 0.05) is 50.4 Å². The second-order valence-electron chi connectivity index (χ2n) is 9.94. The molecule has 3 N–H and O–H groups in total. The van der Waals surface area contributed by atoms with Crippen LogP contribution in [-0.4, -0.2) is 55.7 Å². The standard InChI is InChI=1S/C31H32N8S/c1-8-9-23(28-11-10-27(40-28)18(2)3)29-20(5)35-31(36-29)30-24-13-25(33-16-26(24)37-38-30)21-12-22(15-32-14-21)34-19(4)17-39(6)7/h8-16,34H,1-2,4,17H2,3,5-7H3,(H,35,36)(H,37,38)/b23-9-. The molecule has 0 aliphatic heterocycles. The van der Waals surface area contributed by atoms with Crippen molar-refractivity contribution in [3.63, 3.8) is 0 Å². The van der Waals surface area contributed by atoms with Crippen molar-refractivity contribution in [1.82, 2.24) is 35.0 Å². The van der Waals surface area contributed by atoms with Gasteiger partial charge in [-0.2, -0.15) is 5.10 Å². The van der Waals surface area contributed by atoms with Crippen LogP contribution in [0.5, 0.6) is 0 Å². The zero-order chi connectivity index (χ0) is 28.4. The Morgan fingerprint density at radius 2 is 1.93 bits per heavy atom. The molecule has 0 aliphatic rings. The Kier molecular flexibility index (Phi) is 7.59. The van der Waals surface area contributed by atoms with E-state index in [1.807, 2.05) is 46.2 Å². The third kappa shape index (κ3) is 5.56. The number of aryl methyl sites for hydroxylation is 1. The molecule has 5 aromatic rings. The summed E-state index contributed by atoms with van der Waals surface area (Å²) < 4.78 is 0. The van der Waals surface area contributed by atoms with Gasteiger partial charge in [-0.05, 0) is 57.8 Å². The smallest absolute Gasteiger partial charge is 0.159 e. The van der Waals surface area contributed by atoms with E-state index in [1.54, 1.807) is 36.0 Å². The Balaban J connectivity index is 1.50. The predicted octanol–water partition coefficient (Wildman–Crippen LogP) is 6.92. The molecular formula is C31H32N8S. The Hall–Kier alpha value is -4.60. The Morgan fingerprint density at radius 3 is 2.65 bits per heavy atom. The molecule has 202 valence electrons. The van der Waals surface area contributed by atoms with Crippen LogP contribution in [0.3, 0.4) is 0 Å². The monoisotopic (exact) mass is 548 g/mol. The van der Waals surface area contributed by atoms with Gasteiger partial charge in [-0.15, -0.1) is 11.3 Å². The summed E-state index contributed by atoms with van der Waals surface area (Å²) in [4.78, 5) is 21.8. The molecule has 0 aliphatic carbocycles. The first kappa shape index (κ1) is 27.0. The fraction of sp³-hybridized carbons (Fsp3) is 0.161. The molecule has 5 aromatic heterocycles. The molecule has 0 saturated heterocycles. The van der Waals surface area contributed by atoms with Crippen LogP contribution in [0.2, 0.25) is 0 Å². The lowest BCUT2D eigenvalue weighted by molar-refractivity contribution is 0.447. The molecule has 0 aromatic carbocycles. The maximum Gasteiger partial charge on any atom is 0.159 e. The van der Waals surface area contributed by atoms with Crippen LogP contribution < -0.4 is 5.32 Å². The lowest BCUT2D eigenvalue weighted by Crippen LogP contribution is -2.18. The number of fused-ring (bicyclic) bond motifs is 1. The van der Waals surface area contributed by atoms with E-state index in [-0.39, 0.29) is 0 Å². The van der Waals surface area contributed by atoms with Gasteiger partial charge in [0.2, 0.25) is 0 Å². The molecule has 9 heteroatoms. The van der Waals surface area contributed by atoms with Crippen LogP contribution >= 0.6 is 11.3 Å². The van der Waals surface area contributed by atoms with Crippen molar-refractivity contribution in [2.45, 2.75) is 13.8 Å². The quantitative estimate of drug-likeness (QED) is 0.164. The van der Waals surface area contributed by atoms with Crippen molar-refractivity contribution in [3.05, 3.63) is 102 Å². The minimum Gasteiger partial charge on any atom is -0.357 e. The van der Waals surface area contributed by atoms with Crippen molar-refractivity contribution >= 4 is 39.1 Å². The van der Waals surface area contributed by atoms with Gasteiger partial charge in [0.1, 0.15) is 5.69 Å². The number of aromatic nitrogens is 6. The molecule has 0 amide bonds. The zero-order valence-electron chi connectivity index (χ0n) is 23.2. The van der Waals surface area contributed by atoms with E-state index in [9.17, 15) is 0 Å². The maximum absolute atomic E-state index is 5.00. The predicted molar refractivity (Wildman–Crippen MR) is 167 cm³/mol. The SMILES string of the molecule is C=C/C=C(/c1ccc(C(=C)C)s1)c1nc(-c2n[nH]c3cnc(-c4cncc(NC(=C)CN(C)C)c4)cc23)[nH]c1C. The highest BCUT2D eigenvalue weighted by Crippen LogP contribution is 2.35. The van der Waals surface area contributed by atoms with Gasteiger partial charge in [0.25, 0.3) is 0 Å². The number of nitrogens with zero attached hydrogens (tertiary/aromatic N) is 5. The molecular weight excluding hydrogens is 516 g/mol. The van der Waals surface area contributed by atoms with Crippen molar-refractivity contribution in [2.75, 3.05) is 26.0 Å². The number of anilines is 1. The van der Waals surface area contributed by atoms with Crippen molar-refractivity contribution < 1.29 is 0 Å². The number of nitrogens with one attached hydrogen (secondary N) is 3. The van der Waals surface area contributed by atoms with Crippen LogP contribution in [0.4, 0.5) is 5.69 Å². The summed E-state index contributed by atoms with van der Waals surface area (Å²) in [5, 5.41) is 11.9. The Labute approximate surface area is 237 Å². The van der Waals surface area contributed by atoms with Crippen molar-refractivity contribution in [1.29, 1.82) is 0 Å². The molecule has 0 spiro atoms. The summed E-state index contributed by atoms with van der Waals surface area (Å²) >= 11 is 1.69. The number of allylic oxidation sites excluding steroid dienone is 3. The van der Waals surface area contributed by atoms with E-state index < -0.39 is 0 Å². The average Bonchev–Trinajstić information content (AvgIpc) is 3.65. The molecule has 0 saturated carbocycles. The number of imidazole rings is 1. The van der Waals surface area contributed by atoms with Gasteiger partial charge < -0.3 is 15.2 Å². The average molecular weight is 549 g/mol. The Bertz CT molecular complexity index is 1760. The molecule has 0 fully saturated rings. The first-order chi connectivity index (χ1) is 19.2. The summed E-state index contributed by atoms with van der Waals surface area (Å²) in [6.07, 6.45) is 9.15. The number of hydrogen-bond acceptors (Lipinski definition) is 7. The van der Waals surface area contributed by atoms with Gasteiger partial charge in [-0.3, -0.25) is 15.1 Å². The zero-order valence-corrected chi connectivity index (χ0v) is 24.0. The highest BCUT2D eigenvalue weighted by Gasteiger charge is 2.19. The molecule has 40 heavy (non-hydrogen) atoms. The molecule has 8 nitrogen and oxygen atoms in total. The lowest BCUT2D eigenvalue weighted by Gasteiger charge is -2.14. The first-order valence-corrected chi connectivity index (χ1v) is 13.6. The summed E-state index contributed by atoms with van der Waals surface area (Å²) in [5.74, 6) is 0.677. The summed E-state index contributed by atoms with van der Waals surface area (Å²) in [5.41, 5.74) is 8.80. The second kappa shape index (κ2) is 11.3. The number of likely N-dealkylation sites (N-methyl/N-ethyl adjacent to an activating group) is 1. The van der Waals surface area contributed by atoms with Gasteiger partial charge >= 0.3 is 0 Å². The van der Waals surface area contributed by atoms with Gasteiger partial charge in [-0.25, -0.2) is 4.98 Å². The molecule has 5 heterocycles. The van der Waals surface area contributed by atoms with E-state index in [4.69, 9.17) is 4.98 Å². The number of rotatable bonds is 10. The van der Waals surface area contributed by atoms with Crippen LogP contribution in [0.25, 0.3) is 44.8 Å². The normalized spacial score (nSPS) is 11.8. The van der Waals surface area contributed by atoms with E-state index >= 15 is 0 Å². The van der Waals surface area contributed by atoms with Crippen molar-refractivity contribution in [2.24, 2.45) is 0 Å². The minimum absolute atomic E-state index is 0.677. The fourth-order valence-electron chi connectivity index (χ4n) is 4.47. The number of pyridine rings is 2. The fourth-order valence-corrected chi connectivity index (χ4v) is 5.43. The topological polar surface area (TPSA) is 98.4 Å². The lowest BCUT2D eigenvalue weighted by atomic mass is 10.1. The molecule has 0 unspecified atom stereocenters. The van der Waals surface area contributed by atoms with Crippen LogP contribution in [0.1, 0.15) is 28.1 Å². The number of thiophene rings is 1. The van der Waals surface area contributed by atoms with E-state index in [0.29, 0.717) is 5.82 Å². The third-order valence-corrected chi connectivity index (χ3v) is 7.53. The van der Waals surface area contributed by atoms with Crippen LogP contribution in [0, 0.1) is 6.92 Å². The van der Waals surface area contributed by atoms with Crippen molar-refractivity contribution in [3.8, 4) is 22.8 Å². The first-order valence-electron chi connectivity index (χ1n) is 12.8. The highest BCUT2D eigenvalue weighted by atomic mass is 32.1. The minimum atomic E-state index is 0.677. The van der Waals surface area contributed by atoms with E-state index in [2.05, 4.69) is 67.2 Å². The largest absolute Gasteiger partial charge is 0.357 e. The third-order valence-electron chi connectivity index (χ3n) is 6.25.